The highest BCUT2D eigenvalue weighted by Gasteiger charge is 2.15. The first-order valence-corrected chi connectivity index (χ1v) is 7.34. The van der Waals surface area contributed by atoms with Gasteiger partial charge in [-0.25, -0.2) is 4.79 Å². The first-order valence-electron chi connectivity index (χ1n) is 7.34. The summed E-state index contributed by atoms with van der Waals surface area (Å²) in [7, 11) is 0. The van der Waals surface area contributed by atoms with Crippen LogP contribution in [0.25, 0.3) is 0 Å². The maximum atomic E-state index is 11.8. The number of nitrogens with zero attached hydrogens (tertiary/aromatic N) is 2. The molecule has 1 rings (SSSR count). The summed E-state index contributed by atoms with van der Waals surface area (Å²) in [6.45, 7) is 1.16. The van der Waals surface area contributed by atoms with Gasteiger partial charge in [-0.2, -0.15) is 0 Å². The van der Waals surface area contributed by atoms with E-state index >= 15 is 0 Å². The minimum absolute atomic E-state index is 0.0695. The minimum Gasteiger partial charge on any atom is -0.508 e. The summed E-state index contributed by atoms with van der Waals surface area (Å²) in [5, 5.41) is 27.7. The molecule has 0 radical (unpaired) electrons. The first-order chi connectivity index (χ1) is 11.8. The molecule has 1 unspecified atom stereocenters. The van der Waals surface area contributed by atoms with Gasteiger partial charge in [0.1, 0.15) is 18.5 Å². The predicted molar refractivity (Wildman–Crippen MR) is 81.8 cm³/mol. The molecule has 1 aromatic rings. The van der Waals surface area contributed by atoms with Crippen LogP contribution in [0.15, 0.2) is 18.2 Å². The van der Waals surface area contributed by atoms with Crippen LogP contribution in [0.2, 0.25) is 0 Å². The third-order valence-corrected chi connectivity index (χ3v) is 3.19. The number of phenols is 1. The average molecular weight is 358 g/mol. The SMILES string of the molecule is Cc1cc(C(=O)OCCCCC(CO[N+](=O)[O-])O[N+](=O)[O-])ccc1O. The topological polar surface area (TPSA) is 151 Å². The van der Waals surface area contributed by atoms with Gasteiger partial charge in [0.25, 0.3) is 10.2 Å². The van der Waals surface area contributed by atoms with Crippen molar-refractivity contribution in [2.75, 3.05) is 13.2 Å². The van der Waals surface area contributed by atoms with Crippen LogP contribution in [0.1, 0.15) is 35.2 Å². The fourth-order valence-electron chi connectivity index (χ4n) is 1.94. The van der Waals surface area contributed by atoms with Crippen molar-refractivity contribution >= 4 is 5.97 Å². The van der Waals surface area contributed by atoms with E-state index in [-0.39, 0.29) is 18.8 Å². The summed E-state index contributed by atoms with van der Waals surface area (Å²) in [6.07, 6.45) is -0.179. The summed E-state index contributed by atoms with van der Waals surface area (Å²) in [4.78, 5) is 40.6. The maximum absolute atomic E-state index is 11.8. The Balaban J connectivity index is 2.32. The lowest BCUT2D eigenvalue weighted by Crippen LogP contribution is -2.24. The fourth-order valence-corrected chi connectivity index (χ4v) is 1.94. The molecule has 0 heterocycles. The number of carbonyl (C=O) groups is 1. The summed E-state index contributed by atoms with van der Waals surface area (Å²) in [6, 6.07) is 4.31. The molecule has 0 bridgehead atoms. The van der Waals surface area contributed by atoms with Crippen LogP contribution >= 0.6 is 0 Å². The van der Waals surface area contributed by atoms with Gasteiger partial charge in [-0.3, -0.25) is 0 Å². The van der Waals surface area contributed by atoms with Gasteiger partial charge in [-0.15, -0.1) is 20.2 Å². The van der Waals surface area contributed by atoms with Gasteiger partial charge >= 0.3 is 5.97 Å². The second-order valence-electron chi connectivity index (χ2n) is 5.10. The van der Waals surface area contributed by atoms with E-state index in [1.165, 1.54) is 18.2 Å². The molecule has 0 fully saturated rings. The van der Waals surface area contributed by atoms with Gasteiger partial charge < -0.3 is 19.5 Å². The number of rotatable bonds is 11. The van der Waals surface area contributed by atoms with Gasteiger partial charge in [-0.1, -0.05) is 0 Å². The highest BCUT2D eigenvalue weighted by atomic mass is 17.0. The van der Waals surface area contributed by atoms with E-state index in [2.05, 4.69) is 9.68 Å². The number of benzene rings is 1. The molecule has 11 nitrogen and oxygen atoms in total. The molecular formula is C14H18N2O9. The Morgan fingerprint density at radius 3 is 2.56 bits per heavy atom. The van der Waals surface area contributed by atoms with Gasteiger partial charge in [0.05, 0.1) is 12.2 Å². The number of aryl methyl sites for hydroxylation is 1. The van der Waals surface area contributed by atoms with Crippen LogP contribution in [0.3, 0.4) is 0 Å². The number of aromatic hydroxyl groups is 1. The molecule has 1 atom stereocenters. The standard InChI is InChI=1S/C14H18N2O9/c1-10-8-11(5-6-13(10)17)14(18)23-7-3-2-4-12(25-16(21)22)9-24-15(19)20/h5-6,8,12,17H,2-4,7,9H2,1H3. The van der Waals surface area contributed by atoms with Crippen molar-refractivity contribution < 1.29 is 34.5 Å². The largest absolute Gasteiger partial charge is 0.508 e. The van der Waals surface area contributed by atoms with E-state index in [9.17, 15) is 30.1 Å². The maximum Gasteiger partial charge on any atom is 0.338 e. The second kappa shape index (κ2) is 9.90. The van der Waals surface area contributed by atoms with Gasteiger partial charge in [0.15, 0.2) is 0 Å². The predicted octanol–water partition coefficient (Wildman–Crippen LogP) is 1.81. The highest BCUT2D eigenvalue weighted by molar-refractivity contribution is 5.89. The molecule has 138 valence electrons. The quantitative estimate of drug-likeness (QED) is 0.270. The Hall–Kier alpha value is -3.11. The van der Waals surface area contributed by atoms with Crippen LogP contribution in [-0.4, -0.2) is 40.6 Å². The van der Waals surface area contributed by atoms with E-state index in [1.807, 2.05) is 0 Å². The molecule has 0 aliphatic heterocycles. The Morgan fingerprint density at radius 2 is 1.96 bits per heavy atom. The van der Waals surface area contributed by atoms with Crippen molar-refractivity contribution in [2.45, 2.75) is 32.3 Å². The van der Waals surface area contributed by atoms with E-state index in [0.717, 1.165) is 0 Å². The van der Waals surface area contributed by atoms with Gasteiger partial charge in [0, 0.05) is 0 Å². The van der Waals surface area contributed by atoms with Crippen LogP contribution in [0, 0.1) is 27.2 Å². The third kappa shape index (κ3) is 7.81. The molecule has 0 aliphatic rings. The molecule has 1 aromatic carbocycles. The van der Waals surface area contributed by atoms with E-state index in [1.54, 1.807) is 6.92 Å². The zero-order chi connectivity index (χ0) is 18.8. The third-order valence-electron chi connectivity index (χ3n) is 3.19. The van der Waals surface area contributed by atoms with Crippen LogP contribution in [0.4, 0.5) is 0 Å². The molecule has 1 N–H and O–H groups in total. The number of phenolic OH excluding ortho intramolecular Hbond substituents is 1. The second-order valence-corrected chi connectivity index (χ2v) is 5.10. The summed E-state index contributed by atoms with van der Waals surface area (Å²) >= 11 is 0. The van der Waals surface area contributed by atoms with Crippen molar-refractivity contribution in [2.24, 2.45) is 0 Å². The summed E-state index contributed by atoms with van der Waals surface area (Å²) in [5.74, 6) is -0.483. The van der Waals surface area contributed by atoms with Gasteiger partial charge in [0.2, 0.25) is 0 Å². The molecule has 0 amide bonds. The Kier molecular flexibility index (Phi) is 7.90. The number of ether oxygens (including phenoxy) is 1. The Bertz CT molecular complexity index is 620. The van der Waals surface area contributed by atoms with E-state index < -0.39 is 28.9 Å². The highest BCUT2D eigenvalue weighted by Crippen LogP contribution is 2.17. The number of hydrogen-bond donors (Lipinski definition) is 1. The first kappa shape index (κ1) is 19.9. The van der Waals surface area contributed by atoms with Crippen molar-refractivity contribution in [3.63, 3.8) is 0 Å². The van der Waals surface area contributed by atoms with Crippen molar-refractivity contribution in [1.29, 1.82) is 0 Å². The molecule has 0 aromatic heterocycles. The Morgan fingerprint density at radius 1 is 1.24 bits per heavy atom. The van der Waals surface area contributed by atoms with Crippen LogP contribution in [-0.2, 0) is 14.4 Å². The van der Waals surface area contributed by atoms with Crippen molar-refractivity contribution in [3.8, 4) is 5.75 Å². The van der Waals surface area contributed by atoms with Gasteiger partial charge in [-0.05, 0) is 49.9 Å². The monoisotopic (exact) mass is 358 g/mol. The lowest BCUT2D eigenvalue weighted by Gasteiger charge is -2.13. The summed E-state index contributed by atoms with van der Waals surface area (Å²) in [5.41, 5.74) is 0.837. The smallest absolute Gasteiger partial charge is 0.338 e. The molecule has 0 aliphatic carbocycles. The number of unbranched alkanes of at least 4 members (excludes halogenated alkanes) is 1. The zero-order valence-electron chi connectivity index (χ0n) is 13.5. The van der Waals surface area contributed by atoms with Crippen molar-refractivity contribution in [3.05, 3.63) is 49.6 Å². The molecule has 0 spiro atoms. The van der Waals surface area contributed by atoms with E-state index in [4.69, 9.17) is 4.74 Å². The average Bonchev–Trinajstić information content (AvgIpc) is 2.53. The zero-order valence-corrected chi connectivity index (χ0v) is 13.5. The van der Waals surface area contributed by atoms with Crippen LogP contribution < -0.4 is 0 Å². The Labute approximate surface area is 142 Å². The number of carbonyl (C=O) groups excluding carboxylic acids is 1. The summed E-state index contributed by atoms with van der Waals surface area (Å²) < 4.78 is 5.05. The normalized spacial score (nSPS) is 11.4. The molecule has 0 saturated carbocycles. The number of esters is 1. The molecule has 11 heteroatoms. The van der Waals surface area contributed by atoms with Crippen LogP contribution in [0.5, 0.6) is 5.75 Å². The van der Waals surface area contributed by atoms with Crippen molar-refractivity contribution in [1.82, 2.24) is 0 Å². The minimum atomic E-state index is -1.07. The fraction of sp³-hybridized carbons (Fsp3) is 0.500. The molecule has 0 saturated heterocycles. The molecular weight excluding hydrogens is 340 g/mol. The molecule has 25 heavy (non-hydrogen) atoms. The lowest BCUT2D eigenvalue weighted by molar-refractivity contribution is -0.790. The lowest BCUT2D eigenvalue weighted by atomic mass is 10.1. The number of hydrogen-bond acceptors (Lipinski definition) is 9. The van der Waals surface area contributed by atoms with E-state index in [0.29, 0.717) is 24.0 Å².